The van der Waals surface area contributed by atoms with Crippen molar-refractivity contribution >= 4 is 11.1 Å². The van der Waals surface area contributed by atoms with Crippen molar-refractivity contribution in [2.75, 3.05) is 0 Å². The summed E-state index contributed by atoms with van der Waals surface area (Å²) in [5.74, 6) is 0. The third-order valence-corrected chi connectivity index (χ3v) is 1.49. The Hall–Kier alpha value is -0.410. The fourth-order valence-electron chi connectivity index (χ4n) is 0.290. The molecule has 8 heavy (non-hydrogen) atoms. The zero-order valence-electron chi connectivity index (χ0n) is 4.63. The van der Waals surface area contributed by atoms with Crippen LogP contribution in [0.3, 0.4) is 0 Å². The summed E-state index contributed by atoms with van der Waals surface area (Å²) in [4.78, 5) is 0.352. The molecule has 0 fully saturated rings. The van der Waals surface area contributed by atoms with E-state index in [0.29, 0.717) is 4.91 Å². The van der Waals surface area contributed by atoms with E-state index in [2.05, 4.69) is 6.58 Å². The van der Waals surface area contributed by atoms with Gasteiger partial charge >= 0.3 is 0 Å². The molecule has 0 aliphatic rings. The molecule has 2 nitrogen and oxygen atoms in total. The van der Waals surface area contributed by atoms with Gasteiger partial charge in [-0.2, -0.15) is 0 Å². The third kappa shape index (κ3) is 2.04. The van der Waals surface area contributed by atoms with E-state index in [1.165, 1.54) is 6.08 Å². The van der Waals surface area contributed by atoms with Gasteiger partial charge in [-0.1, -0.05) is 18.7 Å². The lowest BCUT2D eigenvalue weighted by atomic mass is 10.5. The van der Waals surface area contributed by atoms with Crippen LogP contribution in [0.15, 0.2) is 23.6 Å². The minimum atomic E-state index is -1.86. The number of allylic oxidation sites excluding steroid dienone is 2. The smallest absolute Gasteiger partial charge is 0.186 e. The monoisotopic (exact) mass is 132 g/mol. The normalized spacial score (nSPS) is 15.5. The van der Waals surface area contributed by atoms with Gasteiger partial charge in [0.25, 0.3) is 0 Å². The first-order chi connectivity index (χ1) is 3.72. The number of hydrogen-bond acceptors (Lipinski definition) is 1. The summed E-state index contributed by atoms with van der Waals surface area (Å²) in [5.41, 5.74) is 0. The fraction of sp³-hybridized carbons (Fsp3) is 0.200. The Bertz CT molecular complexity index is 137. The van der Waals surface area contributed by atoms with Gasteiger partial charge < -0.3 is 4.55 Å². The molecule has 0 aliphatic heterocycles. The molecule has 0 radical (unpaired) electrons. The zero-order chi connectivity index (χ0) is 6.57. The van der Waals surface area contributed by atoms with E-state index in [9.17, 15) is 4.21 Å². The summed E-state index contributed by atoms with van der Waals surface area (Å²) < 4.78 is 18.5. The molecule has 46 valence electrons. The molecule has 0 spiro atoms. The first-order valence-electron chi connectivity index (χ1n) is 2.12. The Morgan fingerprint density at radius 1 is 1.88 bits per heavy atom. The largest absolute Gasteiger partial charge is 0.302 e. The second-order valence-corrected chi connectivity index (χ2v) is 2.11. The van der Waals surface area contributed by atoms with E-state index >= 15 is 0 Å². The highest BCUT2D eigenvalue weighted by molar-refractivity contribution is 7.83. The van der Waals surface area contributed by atoms with Crippen molar-refractivity contribution in [1.29, 1.82) is 0 Å². The van der Waals surface area contributed by atoms with Gasteiger partial charge in [-0.3, -0.25) is 0 Å². The summed E-state index contributed by atoms with van der Waals surface area (Å²) in [5, 5.41) is 0. The average molecular weight is 132 g/mol. The molecule has 0 saturated carbocycles. The van der Waals surface area contributed by atoms with Crippen LogP contribution in [0, 0.1) is 0 Å². The van der Waals surface area contributed by atoms with Crippen LogP contribution in [0.4, 0.5) is 0 Å². The highest BCUT2D eigenvalue weighted by atomic mass is 32.2. The molecule has 1 atom stereocenters. The van der Waals surface area contributed by atoms with Gasteiger partial charge in [0.15, 0.2) is 11.1 Å². The van der Waals surface area contributed by atoms with Crippen LogP contribution >= 0.6 is 0 Å². The molecule has 0 amide bonds. The van der Waals surface area contributed by atoms with Crippen molar-refractivity contribution in [2.24, 2.45) is 0 Å². The van der Waals surface area contributed by atoms with Gasteiger partial charge in [0.2, 0.25) is 0 Å². The number of hydrogen-bond donors (Lipinski definition) is 1. The minimum absolute atomic E-state index is 0.352. The van der Waals surface area contributed by atoms with Gasteiger partial charge in [0.1, 0.15) is 0 Å². The summed E-state index contributed by atoms with van der Waals surface area (Å²) in [6.45, 7) is 5.02. The summed E-state index contributed by atoms with van der Waals surface area (Å²) in [7, 11) is 0. The van der Waals surface area contributed by atoms with Crippen LogP contribution < -0.4 is 0 Å². The maximum Gasteiger partial charge on any atom is 0.186 e. The SMILES string of the molecule is C=C/C(=C\C)S(=O)O. The molecule has 0 aromatic rings. The van der Waals surface area contributed by atoms with Crippen LogP contribution in [0.25, 0.3) is 0 Å². The second-order valence-electron chi connectivity index (χ2n) is 1.14. The van der Waals surface area contributed by atoms with Gasteiger partial charge in [0, 0.05) is 0 Å². The van der Waals surface area contributed by atoms with Gasteiger partial charge in [-0.25, -0.2) is 4.21 Å². The van der Waals surface area contributed by atoms with Crippen LogP contribution in [0.5, 0.6) is 0 Å². The molecule has 0 heterocycles. The first-order valence-corrected chi connectivity index (χ1v) is 3.22. The molecule has 0 aromatic heterocycles. The highest BCUT2D eigenvalue weighted by Crippen LogP contribution is 1.97. The molecule has 0 aromatic carbocycles. The van der Waals surface area contributed by atoms with Gasteiger partial charge in [0.05, 0.1) is 4.91 Å². The molecule has 0 saturated heterocycles. The highest BCUT2D eigenvalue weighted by Gasteiger charge is 1.93. The van der Waals surface area contributed by atoms with Crippen LogP contribution in [-0.2, 0) is 11.1 Å². The second kappa shape index (κ2) is 3.57. The Labute approximate surface area is 51.2 Å². The Morgan fingerprint density at radius 3 is 2.38 bits per heavy atom. The van der Waals surface area contributed by atoms with E-state index in [4.69, 9.17) is 4.55 Å². The molecule has 0 aliphatic carbocycles. The van der Waals surface area contributed by atoms with Gasteiger partial charge in [-0.15, -0.1) is 0 Å². The average Bonchev–Trinajstić information content (AvgIpc) is 1.69. The van der Waals surface area contributed by atoms with Gasteiger partial charge in [-0.05, 0) is 6.92 Å². The fourth-order valence-corrected chi connectivity index (χ4v) is 0.634. The lowest BCUT2D eigenvalue weighted by Gasteiger charge is -1.87. The minimum Gasteiger partial charge on any atom is -0.302 e. The summed E-state index contributed by atoms with van der Waals surface area (Å²) >= 11 is -1.86. The van der Waals surface area contributed by atoms with Crippen molar-refractivity contribution < 1.29 is 8.76 Å². The summed E-state index contributed by atoms with van der Waals surface area (Å²) in [6.07, 6.45) is 2.90. The lowest BCUT2D eigenvalue weighted by molar-refractivity contribution is 0.572. The van der Waals surface area contributed by atoms with Crippen molar-refractivity contribution in [2.45, 2.75) is 6.92 Å². The lowest BCUT2D eigenvalue weighted by Crippen LogP contribution is -1.86. The van der Waals surface area contributed by atoms with Crippen molar-refractivity contribution in [3.8, 4) is 0 Å². The Balaban J connectivity index is 4.13. The molecule has 0 bridgehead atoms. The van der Waals surface area contributed by atoms with Crippen molar-refractivity contribution in [1.82, 2.24) is 0 Å². The van der Waals surface area contributed by atoms with E-state index < -0.39 is 11.1 Å². The quantitative estimate of drug-likeness (QED) is 0.454. The number of rotatable bonds is 2. The maximum absolute atomic E-state index is 10.1. The molecule has 3 heteroatoms. The molecule has 0 rings (SSSR count). The van der Waals surface area contributed by atoms with Crippen LogP contribution in [-0.4, -0.2) is 8.76 Å². The first kappa shape index (κ1) is 7.59. The van der Waals surface area contributed by atoms with E-state index in [0.717, 1.165) is 0 Å². The van der Waals surface area contributed by atoms with Crippen molar-refractivity contribution in [3.05, 3.63) is 23.6 Å². The van der Waals surface area contributed by atoms with E-state index in [-0.39, 0.29) is 0 Å². The standard InChI is InChI=1S/C5H8O2S/c1-3-5(4-2)8(6)7/h3-4H,1H2,2H3,(H,6,7)/b5-4+. The van der Waals surface area contributed by atoms with E-state index in [1.54, 1.807) is 13.0 Å². The zero-order valence-corrected chi connectivity index (χ0v) is 5.44. The molecule has 1 unspecified atom stereocenters. The van der Waals surface area contributed by atoms with Crippen molar-refractivity contribution in [3.63, 3.8) is 0 Å². The Kier molecular flexibility index (Phi) is 3.39. The topological polar surface area (TPSA) is 37.3 Å². The predicted molar refractivity (Wildman–Crippen MR) is 34.7 cm³/mol. The van der Waals surface area contributed by atoms with E-state index in [1.807, 2.05) is 0 Å². The van der Waals surface area contributed by atoms with Crippen LogP contribution in [0.2, 0.25) is 0 Å². The molecule has 1 N–H and O–H groups in total. The molecular formula is C5H8O2S. The summed E-state index contributed by atoms with van der Waals surface area (Å²) in [6, 6.07) is 0. The third-order valence-electron chi connectivity index (χ3n) is 0.687. The predicted octanol–water partition coefficient (Wildman–Crippen LogP) is 1.30. The maximum atomic E-state index is 10.1. The Morgan fingerprint density at radius 2 is 2.38 bits per heavy atom. The molecular weight excluding hydrogens is 124 g/mol. The van der Waals surface area contributed by atoms with Crippen LogP contribution in [0.1, 0.15) is 6.92 Å².